The van der Waals surface area contributed by atoms with Crippen molar-refractivity contribution in [2.24, 2.45) is 0 Å². The number of unbranched alkanes of at least 4 members (excludes halogenated alkanes) is 1. The Bertz CT molecular complexity index is 117. The molecule has 0 rings (SSSR count). The van der Waals surface area contributed by atoms with Crippen LogP contribution in [0.3, 0.4) is 0 Å². The average molecular weight is 217 g/mol. The summed E-state index contributed by atoms with van der Waals surface area (Å²) < 4.78 is 0. The van der Waals surface area contributed by atoms with Gasteiger partial charge in [0.15, 0.2) is 0 Å². The maximum absolute atomic E-state index is 2.62. The molecule has 0 aromatic carbocycles. The molecule has 1 unspecified atom stereocenters. The van der Waals surface area contributed by atoms with E-state index in [1.54, 1.807) is 0 Å². The van der Waals surface area contributed by atoms with Gasteiger partial charge in [-0.15, -0.1) is 0 Å². The van der Waals surface area contributed by atoms with Gasteiger partial charge in [0.05, 0.1) is 0 Å². The first-order valence-corrected chi connectivity index (χ1v) is 7.28. The summed E-state index contributed by atoms with van der Waals surface area (Å²) in [6, 6.07) is 0. The first-order valence-electron chi connectivity index (χ1n) is 5.99. The SMILES string of the molecule is CCCCN(CCC)CCC(C)SC. The highest BCUT2D eigenvalue weighted by molar-refractivity contribution is 7.99. The summed E-state index contributed by atoms with van der Waals surface area (Å²) in [5.41, 5.74) is 0. The van der Waals surface area contributed by atoms with E-state index in [1.165, 1.54) is 45.3 Å². The molecule has 0 heterocycles. The van der Waals surface area contributed by atoms with E-state index in [9.17, 15) is 0 Å². The molecule has 0 aliphatic heterocycles. The Balaban J connectivity index is 3.60. The van der Waals surface area contributed by atoms with E-state index in [4.69, 9.17) is 0 Å². The third-order valence-electron chi connectivity index (χ3n) is 2.62. The highest BCUT2D eigenvalue weighted by Gasteiger charge is 2.05. The van der Waals surface area contributed by atoms with Gasteiger partial charge < -0.3 is 4.90 Å². The highest BCUT2D eigenvalue weighted by Crippen LogP contribution is 2.10. The summed E-state index contributed by atoms with van der Waals surface area (Å²) in [4.78, 5) is 2.62. The molecule has 0 fully saturated rings. The number of thioether (sulfide) groups is 1. The van der Waals surface area contributed by atoms with Gasteiger partial charge in [0, 0.05) is 5.25 Å². The summed E-state index contributed by atoms with van der Waals surface area (Å²) in [6.07, 6.45) is 7.51. The molecule has 1 nitrogen and oxygen atoms in total. The Morgan fingerprint density at radius 3 is 2.29 bits per heavy atom. The monoisotopic (exact) mass is 217 g/mol. The normalized spacial score (nSPS) is 13.5. The van der Waals surface area contributed by atoms with Crippen LogP contribution in [-0.4, -0.2) is 36.0 Å². The van der Waals surface area contributed by atoms with E-state index in [-0.39, 0.29) is 0 Å². The molecule has 0 radical (unpaired) electrons. The van der Waals surface area contributed by atoms with Crippen LogP contribution in [0.1, 0.15) is 46.5 Å². The number of hydrogen-bond donors (Lipinski definition) is 0. The van der Waals surface area contributed by atoms with Crippen LogP contribution in [-0.2, 0) is 0 Å². The molecule has 2 heteroatoms. The molecule has 0 saturated heterocycles. The number of rotatable bonds is 9. The summed E-state index contributed by atoms with van der Waals surface area (Å²) in [6.45, 7) is 10.7. The fourth-order valence-electron chi connectivity index (χ4n) is 1.52. The fraction of sp³-hybridized carbons (Fsp3) is 1.00. The van der Waals surface area contributed by atoms with Crippen LogP contribution in [0.15, 0.2) is 0 Å². The maximum atomic E-state index is 2.62. The minimum Gasteiger partial charge on any atom is -0.303 e. The molecule has 0 aliphatic rings. The second-order valence-corrected chi connectivity index (χ2v) is 5.31. The molecule has 0 aromatic heterocycles. The van der Waals surface area contributed by atoms with Crippen molar-refractivity contribution in [2.45, 2.75) is 51.7 Å². The van der Waals surface area contributed by atoms with Crippen molar-refractivity contribution in [3.05, 3.63) is 0 Å². The molecular formula is C12H27NS. The third-order valence-corrected chi connectivity index (χ3v) is 3.66. The van der Waals surface area contributed by atoms with Gasteiger partial charge in [-0.2, -0.15) is 11.8 Å². The van der Waals surface area contributed by atoms with Crippen LogP contribution < -0.4 is 0 Å². The van der Waals surface area contributed by atoms with E-state index in [0.717, 1.165) is 5.25 Å². The molecular weight excluding hydrogens is 190 g/mol. The molecule has 0 N–H and O–H groups in total. The lowest BCUT2D eigenvalue weighted by Gasteiger charge is -2.22. The second kappa shape index (κ2) is 9.85. The van der Waals surface area contributed by atoms with E-state index in [1.807, 2.05) is 11.8 Å². The highest BCUT2D eigenvalue weighted by atomic mass is 32.2. The molecule has 0 amide bonds. The number of nitrogens with zero attached hydrogens (tertiary/aromatic N) is 1. The van der Waals surface area contributed by atoms with E-state index >= 15 is 0 Å². The Morgan fingerprint density at radius 2 is 1.79 bits per heavy atom. The van der Waals surface area contributed by atoms with E-state index < -0.39 is 0 Å². The molecule has 0 saturated carbocycles. The van der Waals surface area contributed by atoms with Crippen molar-refractivity contribution >= 4 is 11.8 Å². The molecule has 0 aromatic rings. The van der Waals surface area contributed by atoms with Gasteiger partial charge in [-0.05, 0) is 45.2 Å². The standard InChI is InChI=1S/C12H27NS/c1-5-7-10-13(9-6-2)11-8-12(3)14-4/h12H,5-11H2,1-4H3. The van der Waals surface area contributed by atoms with Gasteiger partial charge in [0.2, 0.25) is 0 Å². The average Bonchev–Trinajstić information content (AvgIpc) is 2.21. The molecule has 14 heavy (non-hydrogen) atoms. The molecule has 0 bridgehead atoms. The Morgan fingerprint density at radius 1 is 1.07 bits per heavy atom. The largest absolute Gasteiger partial charge is 0.303 e. The van der Waals surface area contributed by atoms with Crippen LogP contribution in [0.25, 0.3) is 0 Å². The summed E-state index contributed by atoms with van der Waals surface area (Å²) in [7, 11) is 0. The Hall–Kier alpha value is 0.310. The molecule has 0 aliphatic carbocycles. The zero-order valence-corrected chi connectivity index (χ0v) is 11.2. The van der Waals surface area contributed by atoms with E-state index in [2.05, 4.69) is 31.9 Å². The van der Waals surface area contributed by atoms with Gasteiger partial charge in [-0.1, -0.05) is 27.2 Å². The van der Waals surface area contributed by atoms with Crippen LogP contribution in [0.5, 0.6) is 0 Å². The zero-order valence-electron chi connectivity index (χ0n) is 10.4. The summed E-state index contributed by atoms with van der Waals surface area (Å²) >= 11 is 1.98. The lowest BCUT2D eigenvalue weighted by molar-refractivity contribution is 0.267. The second-order valence-electron chi connectivity index (χ2n) is 4.03. The van der Waals surface area contributed by atoms with Crippen molar-refractivity contribution in [2.75, 3.05) is 25.9 Å². The lowest BCUT2D eigenvalue weighted by Crippen LogP contribution is -2.28. The van der Waals surface area contributed by atoms with Crippen LogP contribution >= 0.6 is 11.8 Å². The van der Waals surface area contributed by atoms with Crippen molar-refractivity contribution < 1.29 is 0 Å². The van der Waals surface area contributed by atoms with Crippen LogP contribution in [0, 0.1) is 0 Å². The first kappa shape index (κ1) is 14.3. The van der Waals surface area contributed by atoms with Crippen molar-refractivity contribution in [3.8, 4) is 0 Å². The minimum absolute atomic E-state index is 0.816. The van der Waals surface area contributed by atoms with Crippen molar-refractivity contribution in [1.82, 2.24) is 4.90 Å². The minimum atomic E-state index is 0.816. The Kier molecular flexibility index (Phi) is 10.1. The maximum Gasteiger partial charge on any atom is 0.00281 e. The van der Waals surface area contributed by atoms with Gasteiger partial charge in [0.25, 0.3) is 0 Å². The van der Waals surface area contributed by atoms with Crippen LogP contribution in [0.4, 0.5) is 0 Å². The fourth-order valence-corrected chi connectivity index (χ4v) is 1.86. The van der Waals surface area contributed by atoms with Gasteiger partial charge in [-0.25, -0.2) is 0 Å². The van der Waals surface area contributed by atoms with Crippen LogP contribution in [0.2, 0.25) is 0 Å². The zero-order chi connectivity index (χ0) is 10.8. The smallest absolute Gasteiger partial charge is 0.00281 e. The van der Waals surface area contributed by atoms with Gasteiger partial charge in [0.1, 0.15) is 0 Å². The first-order chi connectivity index (χ1) is 6.74. The van der Waals surface area contributed by atoms with Gasteiger partial charge >= 0.3 is 0 Å². The van der Waals surface area contributed by atoms with E-state index in [0.29, 0.717) is 0 Å². The quantitative estimate of drug-likeness (QED) is 0.580. The molecule has 86 valence electrons. The van der Waals surface area contributed by atoms with Crippen molar-refractivity contribution in [3.63, 3.8) is 0 Å². The summed E-state index contributed by atoms with van der Waals surface area (Å²) in [5.74, 6) is 0. The number of hydrogen-bond acceptors (Lipinski definition) is 2. The summed E-state index contributed by atoms with van der Waals surface area (Å²) in [5, 5.41) is 0.816. The third kappa shape index (κ3) is 7.69. The molecule has 0 spiro atoms. The topological polar surface area (TPSA) is 3.24 Å². The van der Waals surface area contributed by atoms with Crippen molar-refractivity contribution in [1.29, 1.82) is 0 Å². The van der Waals surface area contributed by atoms with Gasteiger partial charge in [-0.3, -0.25) is 0 Å². The lowest BCUT2D eigenvalue weighted by atomic mass is 10.2. The Labute approximate surface area is 94.6 Å². The molecule has 1 atom stereocenters. The predicted octanol–water partition coefficient (Wildman–Crippen LogP) is 3.64. The predicted molar refractivity (Wildman–Crippen MR) is 69.2 cm³/mol.